The van der Waals surface area contributed by atoms with E-state index in [2.05, 4.69) is 16.0 Å². The van der Waals surface area contributed by atoms with Crippen LogP contribution in [-0.4, -0.2) is 30.3 Å². The van der Waals surface area contributed by atoms with Gasteiger partial charge in [-0.1, -0.05) is 18.2 Å². The third-order valence-electron chi connectivity index (χ3n) is 4.41. The predicted molar refractivity (Wildman–Crippen MR) is 111 cm³/mol. The second kappa shape index (κ2) is 8.18. The van der Waals surface area contributed by atoms with Crippen molar-refractivity contribution in [3.8, 4) is 17.2 Å². The molecule has 146 valence electrons. The van der Waals surface area contributed by atoms with E-state index in [9.17, 15) is 9.90 Å². The fourth-order valence-electron chi connectivity index (χ4n) is 3.06. The zero-order valence-electron chi connectivity index (χ0n) is 15.7. The van der Waals surface area contributed by atoms with E-state index < -0.39 is 6.04 Å². The largest absolute Gasteiger partial charge is 0.504 e. The predicted octanol–water partition coefficient (Wildman–Crippen LogP) is 2.84. The Morgan fingerprint density at radius 1 is 1.14 bits per heavy atom. The molecule has 28 heavy (non-hydrogen) atoms. The van der Waals surface area contributed by atoms with E-state index >= 15 is 0 Å². The number of allylic oxidation sites excluding steroid dienone is 1. The molecule has 0 saturated carbocycles. The Morgan fingerprint density at radius 3 is 2.57 bits per heavy atom. The van der Waals surface area contributed by atoms with Crippen molar-refractivity contribution in [2.45, 2.75) is 13.0 Å². The molecule has 2 aromatic carbocycles. The Balaban J connectivity index is 1.99. The fourth-order valence-corrected chi connectivity index (χ4v) is 3.33. The molecule has 0 bridgehead atoms. The van der Waals surface area contributed by atoms with Crippen LogP contribution in [0.5, 0.6) is 17.2 Å². The lowest BCUT2D eigenvalue weighted by Gasteiger charge is -2.30. The summed E-state index contributed by atoms with van der Waals surface area (Å²) in [5.74, 6) is 0.583. The van der Waals surface area contributed by atoms with Crippen molar-refractivity contribution in [3.05, 3.63) is 59.3 Å². The third kappa shape index (κ3) is 3.86. The van der Waals surface area contributed by atoms with Gasteiger partial charge in [0.25, 0.3) is 5.91 Å². The molecule has 3 rings (SSSR count). The molecule has 1 heterocycles. The van der Waals surface area contributed by atoms with Crippen molar-refractivity contribution in [2.75, 3.05) is 19.5 Å². The maximum Gasteiger partial charge on any atom is 0.255 e. The average Bonchev–Trinajstić information content (AvgIpc) is 2.68. The average molecular weight is 399 g/mol. The first-order chi connectivity index (χ1) is 13.4. The second-order valence-electron chi connectivity index (χ2n) is 6.16. The molecule has 2 aromatic rings. The molecular weight excluding hydrogens is 378 g/mol. The minimum Gasteiger partial charge on any atom is -0.504 e. The van der Waals surface area contributed by atoms with Crippen molar-refractivity contribution >= 4 is 28.9 Å². The molecule has 1 atom stereocenters. The number of benzene rings is 2. The maximum atomic E-state index is 13.1. The number of phenols is 1. The monoisotopic (exact) mass is 399 g/mol. The summed E-state index contributed by atoms with van der Waals surface area (Å²) in [7, 11) is 3.01. The molecule has 8 heteroatoms. The smallest absolute Gasteiger partial charge is 0.255 e. The van der Waals surface area contributed by atoms with Gasteiger partial charge in [0.2, 0.25) is 0 Å². The molecule has 7 nitrogen and oxygen atoms in total. The van der Waals surface area contributed by atoms with E-state index in [0.29, 0.717) is 33.6 Å². The number of thiocarbonyl (C=S) groups is 1. The Kier molecular flexibility index (Phi) is 5.70. The summed E-state index contributed by atoms with van der Waals surface area (Å²) in [6.07, 6.45) is 0. The van der Waals surface area contributed by atoms with Crippen LogP contribution in [0, 0.1) is 0 Å². The van der Waals surface area contributed by atoms with Gasteiger partial charge in [0.1, 0.15) is 5.75 Å². The normalized spacial score (nSPS) is 16.1. The second-order valence-corrected chi connectivity index (χ2v) is 6.56. The zero-order chi connectivity index (χ0) is 20.3. The number of ether oxygens (including phenoxy) is 2. The minimum absolute atomic E-state index is 0.0171. The standard InChI is InChI=1S/C20H21N3O4S/c1-11-17(19(25)22-13-6-4-5-7-15(13)26-2)18(23-20(28)21-11)12-8-9-14(24)16(10-12)27-3/h4-10,18,24H,1-3H3,(H,22,25)(H2,21,23,28)/t18-/m1/s1. The van der Waals surface area contributed by atoms with Crippen molar-refractivity contribution in [2.24, 2.45) is 0 Å². The van der Waals surface area contributed by atoms with Gasteiger partial charge in [-0.3, -0.25) is 4.79 Å². The number of carbonyl (C=O) groups excluding carboxylic acids is 1. The van der Waals surface area contributed by atoms with Crippen LogP contribution in [-0.2, 0) is 4.79 Å². The summed E-state index contributed by atoms with van der Waals surface area (Å²) < 4.78 is 10.5. The van der Waals surface area contributed by atoms with Crippen molar-refractivity contribution in [3.63, 3.8) is 0 Å². The van der Waals surface area contributed by atoms with Crippen LogP contribution in [0.1, 0.15) is 18.5 Å². The molecule has 1 aliphatic rings. The number of nitrogens with one attached hydrogen (secondary N) is 3. The SMILES string of the molecule is COc1cc([C@H]2NC(=S)NC(C)=C2C(=O)Nc2ccccc2OC)ccc1O. The number of methoxy groups -OCH3 is 2. The lowest BCUT2D eigenvalue weighted by Crippen LogP contribution is -2.45. The van der Waals surface area contributed by atoms with Gasteiger partial charge in [-0.15, -0.1) is 0 Å². The molecule has 0 aliphatic carbocycles. The minimum atomic E-state index is -0.516. The number of phenolic OH excluding ortho intramolecular Hbond substituents is 1. The molecule has 4 N–H and O–H groups in total. The van der Waals surface area contributed by atoms with E-state index in [4.69, 9.17) is 21.7 Å². The first-order valence-corrected chi connectivity index (χ1v) is 8.95. The molecule has 0 saturated heterocycles. The van der Waals surface area contributed by atoms with Crippen LogP contribution in [0.15, 0.2) is 53.7 Å². The molecular formula is C20H21N3O4S. The Bertz CT molecular complexity index is 958. The van der Waals surface area contributed by atoms with Gasteiger partial charge in [0.05, 0.1) is 31.5 Å². The van der Waals surface area contributed by atoms with Gasteiger partial charge in [0.15, 0.2) is 16.6 Å². The Labute approximate surface area is 168 Å². The lowest BCUT2D eigenvalue weighted by molar-refractivity contribution is -0.113. The topological polar surface area (TPSA) is 91.9 Å². The number of hydrogen-bond donors (Lipinski definition) is 4. The molecule has 0 fully saturated rings. The molecule has 0 aromatic heterocycles. The van der Waals surface area contributed by atoms with Crippen LogP contribution in [0.4, 0.5) is 5.69 Å². The molecule has 1 aliphatic heterocycles. The highest BCUT2D eigenvalue weighted by Gasteiger charge is 2.30. The van der Waals surface area contributed by atoms with Crippen LogP contribution in [0.25, 0.3) is 0 Å². The summed E-state index contributed by atoms with van der Waals surface area (Å²) in [6, 6.07) is 11.6. The van der Waals surface area contributed by atoms with Gasteiger partial charge in [-0.05, 0) is 49.0 Å². The van der Waals surface area contributed by atoms with Gasteiger partial charge in [0, 0.05) is 5.70 Å². The van der Waals surface area contributed by atoms with Gasteiger partial charge >= 0.3 is 0 Å². The first-order valence-electron chi connectivity index (χ1n) is 8.54. The fraction of sp³-hybridized carbons (Fsp3) is 0.200. The van der Waals surface area contributed by atoms with E-state index in [-0.39, 0.29) is 11.7 Å². The third-order valence-corrected chi connectivity index (χ3v) is 4.63. The van der Waals surface area contributed by atoms with Crippen LogP contribution in [0.2, 0.25) is 0 Å². The van der Waals surface area contributed by atoms with E-state index in [0.717, 1.165) is 5.56 Å². The Morgan fingerprint density at radius 2 is 1.86 bits per heavy atom. The number of para-hydroxylation sites is 2. The van der Waals surface area contributed by atoms with E-state index in [1.807, 2.05) is 12.1 Å². The Hall–Kier alpha value is -3.26. The number of aromatic hydroxyl groups is 1. The highest BCUT2D eigenvalue weighted by Crippen LogP contribution is 2.34. The number of hydrogen-bond acceptors (Lipinski definition) is 5. The number of rotatable bonds is 5. The summed E-state index contributed by atoms with van der Waals surface area (Å²) in [4.78, 5) is 13.1. The summed E-state index contributed by atoms with van der Waals surface area (Å²) >= 11 is 5.27. The molecule has 0 unspecified atom stereocenters. The number of carbonyl (C=O) groups is 1. The van der Waals surface area contributed by atoms with Crippen LogP contribution in [0.3, 0.4) is 0 Å². The van der Waals surface area contributed by atoms with Gasteiger partial charge < -0.3 is 30.5 Å². The summed E-state index contributed by atoms with van der Waals surface area (Å²) in [6.45, 7) is 1.79. The summed E-state index contributed by atoms with van der Waals surface area (Å²) in [5.41, 5.74) is 2.38. The van der Waals surface area contributed by atoms with Gasteiger partial charge in [-0.25, -0.2) is 0 Å². The zero-order valence-corrected chi connectivity index (χ0v) is 16.5. The summed E-state index contributed by atoms with van der Waals surface area (Å²) in [5, 5.41) is 19.3. The van der Waals surface area contributed by atoms with E-state index in [1.54, 1.807) is 38.3 Å². The molecule has 1 amide bonds. The van der Waals surface area contributed by atoms with Gasteiger partial charge in [-0.2, -0.15) is 0 Å². The van der Waals surface area contributed by atoms with Crippen LogP contribution >= 0.6 is 12.2 Å². The number of anilines is 1. The van der Waals surface area contributed by atoms with Crippen molar-refractivity contribution < 1.29 is 19.4 Å². The lowest BCUT2D eigenvalue weighted by atomic mass is 9.94. The van der Waals surface area contributed by atoms with Crippen molar-refractivity contribution in [1.82, 2.24) is 10.6 Å². The highest BCUT2D eigenvalue weighted by molar-refractivity contribution is 7.80. The first kappa shape index (κ1) is 19.5. The molecule has 0 spiro atoms. The van der Waals surface area contributed by atoms with Crippen molar-refractivity contribution in [1.29, 1.82) is 0 Å². The number of amides is 1. The van der Waals surface area contributed by atoms with E-state index in [1.165, 1.54) is 13.2 Å². The quantitative estimate of drug-likeness (QED) is 0.575. The maximum absolute atomic E-state index is 13.1. The highest BCUT2D eigenvalue weighted by atomic mass is 32.1. The van der Waals surface area contributed by atoms with Crippen LogP contribution < -0.4 is 25.4 Å². The molecule has 0 radical (unpaired) electrons.